The second-order valence-corrected chi connectivity index (χ2v) is 4.91. The van der Waals surface area contributed by atoms with Gasteiger partial charge in [-0.1, -0.05) is 6.07 Å². The van der Waals surface area contributed by atoms with E-state index in [0.29, 0.717) is 24.5 Å². The molecule has 0 fully saturated rings. The first kappa shape index (κ1) is 14.9. The summed E-state index contributed by atoms with van der Waals surface area (Å²) in [6.07, 6.45) is 0. The van der Waals surface area contributed by atoms with Crippen LogP contribution in [0.25, 0.3) is 0 Å². The molecule has 0 aliphatic heterocycles. The molecule has 0 radical (unpaired) electrons. The van der Waals surface area contributed by atoms with Crippen molar-refractivity contribution < 1.29 is 14.3 Å². The molecule has 0 aliphatic carbocycles. The number of rotatable bonds is 6. The summed E-state index contributed by atoms with van der Waals surface area (Å²) in [5, 5.41) is 0. The summed E-state index contributed by atoms with van der Waals surface area (Å²) in [6, 6.07) is 12.8. The largest absolute Gasteiger partial charge is 0.490 e. The van der Waals surface area contributed by atoms with Crippen molar-refractivity contribution in [3.63, 3.8) is 0 Å². The Kier molecular flexibility index (Phi) is 4.82. The van der Waals surface area contributed by atoms with Crippen molar-refractivity contribution in [2.75, 3.05) is 13.2 Å². The van der Waals surface area contributed by atoms with E-state index in [9.17, 15) is 4.79 Å². The Balaban J connectivity index is 1.80. The highest BCUT2D eigenvalue weighted by Crippen LogP contribution is 2.16. The first-order chi connectivity index (χ1) is 10.0. The second-order valence-electron chi connectivity index (χ2n) is 4.91. The quantitative estimate of drug-likeness (QED) is 0.830. The molecular weight excluding hydrogens is 266 g/mol. The molecule has 4 nitrogen and oxygen atoms in total. The number of aryl methyl sites for hydroxylation is 2. The average molecular weight is 285 g/mol. The van der Waals surface area contributed by atoms with E-state index in [1.165, 1.54) is 11.1 Å². The maximum absolute atomic E-state index is 10.9. The van der Waals surface area contributed by atoms with E-state index >= 15 is 0 Å². The van der Waals surface area contributed by atoms with Crippen LogP contribution in [0.5, 0.6) is 11.5 Å². The van der Waals surface area contributed by atoms with Gasteiger partial charge in [-0.2, -0.15) is 0 Å². The number of hydrogen-bond acceptors (Lipinski definition) is 3. The Morgan fingerprint density at radius 1 is 0.905 bits per heavy atom. The zero-order valence-corrected chi connectivity index (χ0v) is 12.3. The third-order valence-corrected chi connectivity index (χ3v) is 2.95. The highest BCUT2D eigenvalue weighted by atomic mass is 16.5. The third kappa shape index (κ3) is 4.53. The SMILES string of the molecule is Cc1cc(C)cc(OCCOc2ccc(C(N)=O)cc2)c1. The Morgan fingerprint density at radius 2 is 1.43 bits per heavy atom. The number of nitrogens with two attached hydrogens (primary N) is 1. The van der Waals surface area contributed by atoms with Crippen LogP contribution in [0.1, 0.15) is 21.5 Å². The lowest BCUT2D eigenvalue weighted by molar-refractivity contribution is 0.1000. The number of benzene rings is 2. The minimum Gasteiger partial charge on any atom is -0.490 e. The molecule has 0 bridgehead atoms. The summed E-state index contributed by atoms with van der Waals surface area (Å²) in [5.74, 6) is 1.09. The Morgan fingerprint density at radius 3 is 1.95 bits per heavy atom. The van der Waals surface area contributed by atoms with E-state index in [0.717, 1.165) is 5.75 Å². The number of amides is 1. The molecular formula is C17H19NO3. The maximum Gasteiger partial charge on any atom is 0.248 e. The van der Waals surface area contributed by atoms with Crippen LogP contribution in [-0.2, 0) is 0 Å². The minimum atomic E-state index is -0.445. The summed E-state index contributed by atoms with van der Waals surface area (Å²) < 4.78 is 11.2. The molecule has 110 valence electrons. The number of carbonyl (C=O) groups excluding carboxylic acids is 1. The Labute approximate surface area is 124 Å². The first-order valence-corrected chi connectivity index (χ1v) is 6.78. The van der Waals surface area contributed by atoms with E-state index in [2.05, 4.69) is 6.07 Å². The summed E-state index contributed by atoms with van der Waals surface area (Å²) >= 11 is 0. The van der Waals surface area contributed by atoms with Crippen molar-refractivity contribution in [2.45, 2.75) is 13.8 Å². The lowest BCUT2D eigenvalue weighted by Crippen LogP contribution is -2.11. The predicted molar refractivity (Wildman–Crippen MR) is 81.9 cm³/mol. The lowest BCUT2D eigenvalue weighted by Gasteiger charge is -2.10. The summed E-state index contributed by atoms with van der Waals surface area (Å²) in [7, 11) is 0. The van der Waals surface area contributed by atoms with Gasteiger partial charge in [-0.05, 0) is 61.4 Å². The topological polar surface area (TPSA) is 61.6 Å². The summed E-state index contributed by atoms with van der Waals surface area (Å²) in [4.78, 5) is 10.9. The van der Waals surface area contributed by atoms with Gasteiger partial charge in [-0.3, -0.25) is 4.79 Å². The lowest BCUT2D eigenvalue weighted by atomic mass is 10.1. The van der Waals surface area contributed by atoms with Crippen molar-refractivity contribution in [1.29, 1.82) is 0 Å². The molecule has 2 rings (SSSR count). The normalized spacial score (nSPS) is 10.2. The molecule has 1 amide bonds. The van der Waals surface area contributed by atoms with Gasteiger partial charge in [0, 0.05) is 5.56 Å². The van der Waals surface area contributed by atoms with Gasteiger partial charge >= 0.3 is 0 Å². The number of primary amides is 1. The van der Waals surface area contributed by atoms with Crippen molar-refractivity contribution >= 4 is 5.91 Å². The monoisotopic (exact) mass is 285 g/mol. The zero-order valence-electron chi connectivity index (χ0n) is 12.3. The molecule has 0 saturated heterocycles. The van der Waals surface area contributed by atoms with Crippen LogP contribution in [0, 0.1) is 13.8 Å². The average Bonchev–Trinajstić information content (AvgIpc) is 2.43. The van der Waals surface area contributed by atoms with Gasteiger partial charge in [0.15, 0.2) is 0 Å². The number of carbonyl (C=O) groups is 1. The van der Waals surface area contributed by atoms with Gasteiger partial charge in [-0.15, -0.1) is 0 Å². The van der Waals surface area contributed by atoms with E-state index in [1.54, 1.807) is 24.3 Å². The molecule has 4 heteroatoms. The number of ether oxygens (including phenoxy) is 2. The van der Waals surface area contributed by atoms with E-state index in [-0.39, 0.29) is 0 Å². The zero-order chi connectivity index (χ0) is 15.2. The van der Waals surface area contributed by atoms with Crippen LogP contribution in [0.4, 0.5) is 0 Å². The van der Waals surface area contributed by atoms with Gasteiger partial charge in [0.05, 0.1) is 0 Å². The second kappa shape index (κ2) is 6.79. The van der Waals surface area contributed by atoms with Crippen LogP contribution >= 0.6 is 0 Å². The highest BCUT2D eigenvalue weighted by Gasteiger charge is 2.01. The predicted octanol–water partition coefficient (Wildman–Crippen LogP) is 2.86. The van der Waals surface area contributed by atoms with Gasteiger partial charge in [0.1, 0.15) is 24.7 Å². The van der Waals surface area contributed by atoms with Crippen LogP contribution in [-0.4, -0.2) is 19.1 Å². The van der Waals surface area contributed by atoms with Crippen molar-refractivity contribution in [3.05, 3.63) is 59.2 Å². The molecule has 0 spiro atoms. The molecule has 0 atom stereocenters. The molecule has 2 aromatic rings. The minimum absolute atomic E-state index is 0.433. The van der Waals surface area contributed by atoms with Crippen LogP contribution in [0.3, 0.4) is 0 Å². The Hall–Kier alpha value is -2.49. The molecule has 0 aliphatic rings. The first-order valence-electron chi connectivity index (χ1n) is 6.78. The van der Waals surface area contributed by atoms with Gasteiger partial charge in [-0.25, -0.2) is 0 Å². The van der Waals surface area contributed by atoms with Crippen molar-refractivity contribution in [1.82, 2.24) is 0 Å². The third-order valence-electron chi connectivity index (χ3n) is 2.95. The van der Waals surface area contributed by atoms with Crippen LogP contribution < -0.4 is 15.2 Å². The number of hydrogen-bond donors (Lipinski definition) is 1. The van der Waals surface area contributed by atoms with Gasteiger partial charge in [0.25, 0.3) is 0 Å². The summed E-state index contributed by atoms with van der Waals surface area (Å²) in [6.45, 7) is 4.97. The van der Waals surface area contributed by atoms with E-state index in [4.69, 9.17) is 15.2 Å². The molecule has 0 saturated carbocycles. The highest BCUT2D eigenvalue weighted by molar-refractivity contribution is 5.92. The summed E-state index contributed by atoms with van der Waals surface area (Å²) in [5.41, 5.74) is 7.99. The van der Waals surface area contributed by atoms with Gasteiger partial charge < -0.3 is 15.2 Å². The molecule has 2 aromatic carbocycles. The Bertz CT molecular complexity index is 600. The fourth-order valence-corrected chi connectivity index (χ4v) is 2.05. The molecule has 21 heavy (non-hydrogen) atoms. The van der Waals surface area contributed by atoms with Crippen LogP contribution in [0.2, 0.25) is 0 Å². The van der Waals surface area contributed by atoms with Gasteiger partial charge in [0.2, 0.25) is 5.91 Å². The molecule has 2 N–H and O–H groups in total. The molecule has 0 unspecified atom stereocenters. The smallest absolute Gasteiger partial charge is 0.248 e. The molecule has 0 heterocycles. The fourth-order valence-electron chi connectivity index (χ4n) is 2.05. The maximum atomic E-state index is 10.9. The standard InChI is InChI=1S/C17H19NO3/c1-12-9-13(2)11-16(10-12)21-8-7-20-15-5-3-14(4-6-15)17(18)19/h3-6,9-11H,7-8H2,1-2H3,(H2,18,19). The van der Waals surface area contributed by atoms with Crippen molar-refractivity contribution in [2.24, 2.45) is 5.73 Å². The van der Waals surface area contributed by atoms with Crippen LogP contribution in [0.15, 0.2) is 42.5 Å². The molecule has 0 aromatic heterocycles. The fraction of sp³-hybridized carbons (Fsp3) is 0.235. The van der Waals surface area contributed by atoms with E-state index < -0.39 is 5.91 Å². The van der Waals surface area contributed by atoms with E-state index in [1.807, 2.05) is 26.0 Å². The van der Waals surface area contributed by atoms with Crippen molar-refractivity contribution in [3.8, 4) is 11.5 Å².